The first-order valence-electron chi connectivity index (χ1n) is 30.0. The van der Waals surface area contributed by atoms with Gasteiger partial charge in [-0.05, 0) is 83.2 Å². The first-order chi connectivity index (χ1) is 37.8. The predicted octanol–water partition coefficient (Wildman–Crippen LogP) is 13.1. The zero-order valence-corrected chi connectivity index (χ0v) is 25.3. The van der Waals surface area contributed by atoms with Crippen LogP contribution in [-0.4, -0.2) is 9.13 Å². The summed E-state index contributed by atoms with van der Waals surface area (Å²) < 4.78 is 278. The summed E-state index contributed by atoms with van der Waals surface area (Å²) in [6, 6.07) is -28.0. The second kappa shape index (κ2) is 10.8. The van der Waals surface area contributed by atoms with Crippen LogP contribution in [0.5, 0.6) is 0 Å². The summed E-state index contributed by atoms with van der Waals surface area (Å²) in [6.07, 6.45) is 0. The van der Waals surface area contributed by atoms with E-state index in [4.69, 9.17) is 31.8 Å². The van der Waals surface area contributed by atoms with E-state index >= 15 is 0 Å². The summed E-state index contributed by atoms with van der Waals surface area (Å²) in [5.41, 5.74) is -8.86. The molecule has 11 aromatic rings. The normalized spacial score (nSPS) is 20.2. The lowest BCUT2D eigenvalue weighted by Gasteiger charge is -2.12. The Hall–Kier alpha value is -6.84. The second-order valence-corrected chi connectivity index (χ2v) is 11.0. The number of aromatic nitrogens is 2. The van der Waals surface area contributed by atoms with Crippen LogP contribution in [0.15, 0.2) is 186 Å². The van der Waals surface area contributed by atoms with E-state index in [1.54, 1.807) is 0 Å². The highest BCUT2D eigenvalue weighted by atomic mass is 16.3. The van der Waals surface area contributed by atoms with Crippen LogP contribution < -0.4 is 0 Å². The quantitative estimate of drug-likeness (QED) is 0.181. The zero-order valence-electron chi connectivity index (χ0n) is 55.3. The fourth-order valence-electron chi connectivity index (χ4n) is 6.18. The summed E-state index contributed by atoms with van der Waals surface area (Å²) >= 11 is 0. The Labute approximate surface area is 336 Å². The molecule has 0 spiro atoms. The van der Waals surface area contributed by atoms with E-state index in [-0.39, 0.29) is 0 Å². The molecule has 3 nitrogen and oxygen atoms in total. The predicted molar refractivity (Wildman–Crippen MR) is 213 cm³/mol. The molecule has 0 bridgehead atoms. The standard InChI is InChI=1S/C48H30N2O/c1-3-13-31(14-4-1)39-29-35(30-42-38-19-9-12-22-47(38)51-48(39)42)50-44-21-11-8-18-37(44)41-28-33(24-26-46(41)50)32-23-25-45-40(27-32)36-17-7-10-20-43(36)49(45)34-15-5-2-6-16-34/h1-30H/i1D,2D,3D,4D,5D,6D,7D,8D,9D,10D,11D,12D,13D,14D,15D,16D,17D,18D,19D,20D,21D,22D,23D,24D,25D,26D,27D,28D,29D,30D. The minimum absolute atomic E-state index is 0.528. The van der Waals surface area contributed by atoms with Gasteiger partial charge < -0.3 is 13.6 Å². The lowest BCUT2D eigenvalue weighted by molar-refractivity contribution is 0.670. The summed E-state index contributed by atoms with van der Waals surface area (Å²) in [5.74, 6) is 0. The molecule has 11 rings (SSSR count). The highest BCUT2D eigenvalue weighted by Crippen LogP contribution is 2.42. The molecule has 0 aliphatic heterocycles. The molecule has 238 valence electrons. The number of nitrogens with zero attached hydrogens (tertiary/aromatic N) is 2. The maximum absolute atomic E-state index is 9.98. The fourth-order valence-corrected chi connectivity index (χ4v) is 6.18. The van der Waals surface area contributed by atoms with Crippen LogP contribution in [0.3, 0.4) is 0 Å². The Morgan fingerprint density at radius 2 is 0.863 bits per heavy atom. The van der Waals surface area contributed by atoms with Crippen molar-refractivity contribution in [3.05, 3.63) is 181 Å². The van der Waals surface area contributed by atoms with Gasteiger partial charge in [-0.3, -0.25) is 0 Å². The third kappa shape index (κ3) is 4.19. The minimum Gasteiger partial charge on any atom is -0.455 e. The third-order valence-corrected chi connectivity index (χ3v) is 8.30. The number of fused-ring (bicyclic) bond motifs is 9. The van der Waals surface area contributed by atoms with Crippen LogP contribution in [0.25, 0.3) is 99.2 Å². The highest BCUT2D eigenvalue weighted by molar-refractivity contribution is 6.14. The average Bonchev–Trinajstić information content (AvgIpc) is 2.14. The smallest absolute Gasteiger partial charge is 0.143 e. The van der Waals surface area contributed by atoms with E-state index in [9.17, 15) is 13.7 Å². The Morgan fingerprint density at radius 1 is 0.353 bits per heavy atom. The minimum atomic E-state index is -1.10. The first kappa shape index (κ1) is 11.6. The van der Waals surface area contributed by atoms with E-state index < -0.39 is 280 Å². The topological polar surface area (TPSA) is 23.0 Å². The van der Waals surface area contributed by atoms with Crippen LogP contribution in [0.4, 0.5) is 0 Å². The molecule has 0 radical (unpaired) electrons. The van der Waals surface area contributed by atoms with E-state index in [1.807, 2.05) is 0 Å². The number of hydrogen-bond acceptors (Lipinski definition) is 1. The lowest BCUT2D eigenvalue weighted by Crippen LogP contribution is -1.95. The monoisotopic (exact) mass is 680 g/mol. The summed E-state index contributed by atoms with van der Waals surface area (Å²) in [5, 5.41) is -3.66. The molecule has 8 aromatic carbocycles. The van der Waals surface area contributed by atoms with Gasteiger partial charge in [-0.15, -0.1) is 0 Å². The van der Waals surface area contributed by atoms with Crippen LogP contribution >= 0.6 is 0 Å². The molecule has 0 saturated carbocycles. The largest absolute Gasteiger partial charge is 0.455 e. The van der Waals surface area contributed by atoms with Gasteiger partial charge in [-0.1, -0.05) is 115 Å². The molecule has 51 heavy (non-hydrogen) atoms. The van der Waals surface area contributed by atoms with Gasteiger partial charge in [0.2, 0.25) is 0 Å². The highest BCUT2D eigenvalue weighted by Gasteiger charge is 2.19. The van der Waals surface area contributed by atoms with Crippen LogP contribution in [0, 0.1) is 0 Å². The van der Waals surface area contributed by atoms with Gasteiger partial charge >= 0.3 is 0 Å². The van der Waals surface area contributed by atoms with Crippen LogP contribution in [0.2, 0.25) is 0 Å². The summed E-state index contributed by atoms with van der Waals surface area (Å²) in [4.78, 5) is 0. The molecular weight excluding hydrogens is 621 g/mol. The van der Waals surface area contributed by atoms with Gasteiger partial charge in [0.1, 0.15) is 11.2 Å². The molecule has 0 aliphatic rings. The molecule has 3 heterocycles. The first-order valence-corrected chi connectivity index (χ1v) is 15.0. The maximum atomic E-state index is 9.98. The Kier molecular flexibility index (Phi) is 2.47. The van der Waals surface area contributed by atoms with Gasteiger partial charge in [0.15, 0.2) is 0 Å². The van der Waals surface area contributed by atoms with Crippen molar-refractivity contribution in [2.75, 3.05) is 0 Å². The van der Waals surface area contributed by atoms with Crippen LogP contribution in [0.1, 0.15) is 41.1 Å². The molecule has 3 aromatic heterocycles. The van der Waals surface area contributed by atoms with Crippen molar-refractivity contribution in [2.45, 2.75) is 0 Å². The van der Waals surface area contributed by atoms with E-state index in [2.05, 4.69) is 0 Å². The Bertz CT molecular complexity index is 4820. The van der Waals surface area contributed by atoms with E-state index in [1.165, 1.54) is 0 Å². The summed E-state index contributed by atoms with van der Waals surface area (Å²) in [6.45, 7) is 0. The van der Waals surface area contributed by atoms with Gasteiger partial charge in [-0.25, -0.2) is 0 Å². The number of para-hydroxylation sites is 4. The van der Waals surface area contributed by atoms with Gasteiger partial charge in [0.25, 0.3) is 0 Å². The number of furan rings is 1. The second-order valence-electron chi connectivity index (χ2n) is 11.0. The third-order valence-electron chi connectivity index (χ3n) is 8.30. The molecule has 0 N–H and O–H groups in total. The van der Waals surface area contributed by atoms with Crippen molar-refractivity contribution >= 4 is 65.6 Å². The molecule has 0 amide bonds. The number of rotatable bonds is 4. The molecule has 0 saturated heterocycles. The van der Waals surface area contributed by atoms with Crippen molar-refractivity contribution in [3.8, 4) is 33.6 Å². The van der Waals surface area contributed by atoms with E-state index in [0.29, 0.717) is 4.57 Å². The van der Waals surface area contributed by atoms with Crippen LogP contribution in [-0.2, 0) is 0 Å². The molecule has 3 heteroatoms. The van der Waals surface area contributed by atoms with Gasteiger partial charge in [0, 0.05) is 49.3 Å². The number of hydrogen-bond donors (Lipinski definition) is 0. The van der Waals surface area contributed by atoms with Gasteiger partial charge in [0.05, 0.1) is 63.2 Å². The lowest BCUT2D eigenvalue weighted by atomic mass is 10.0. The zero-order chi connectivity index (χ0) is 59.6. The fraction of sp³-hybridized carbons (Fsp3) is 0. The molecule has 0 aliphatic carbocycles. The van der Waals surface area contributed by atoms with Crippen molar-refractivity contribution in [1.29, 1.82) is 0 Å². The van der Waals surface area contributed by atoms with E-state index in [0.717, 1.165) is 4.57 Å². The summed E-state index contributed by atoms with van der Waals surface area (Å²) in [7, 11) is 0. The molecule has 0 unspecified atom stereocenters. The van der Waals surface area contributed by atoms with Crippen molar-refractivity contribution in [1.82, 2.24) is 9.13 Å². The maximum Gasteiger partial charge on any atom is 0.143 e. The van der Waals surface area contributed by atoms with Crippen molar-refractivity contribution in [2.24, 2.45) is 0 Å². The van der Waals surface area contributed by atoms with Gasteiger partial charge in [-0.2, -0.15) is 0 Å². The molecule has 0 atom stereocenters. The molecular formula is C48H30N2O. The Balaban J connectivity index is 1.38. The molecule has 0 fully saturated rings. The average molecular weight is 681 g/mol. The van der Waals surface area contributed by atoms with Crippen molar-refractivity contribution in [3.63, 3.8) is 0 Å². The van der Waals surface area contributed by atoms with Crippen molar-refractivity contribution < 1.29 is 45.5 Å². The number of benzene rings is 8. The SMILES string of the molecule is [2H]c1c([2H])c([2H])c(-c2c([2H])c(-n3c4c([2H])c([2H])c([2H])c([2H])c4c4c([2H])c(-c5c([2H])c([2H])c6c(c5[2H])c5c([2H])c([2H])c([2H])c([2H])c5n6-c5c([2H])c([2H])c([2H])c([2H])c5[2H])c([2H])c([2H])c43)c([2H])c3c2oc2c([2H])c([2H])c([2H])c([2H])c23)c([2H])c1[2H]. The Morgan fingerprint density at radius 3 is 1.51 bits per heavy atom.